The number of phosphoric acid groups is 1. The fourth-order valence-corrected chi connectivity index (χ4v) is 1.93. The molecule has 0 N–H and O–H groups in total. The van der Waals surface area contributed by atoms with E-state index in [2.05, 4.69) is 21.2 Å². The summed E-state index contributed by atoms with van der Waals surface area (Å²) < 4.78 is 25.6. The van der Waals surface area contributed by atoms with Gasteiger partial charge in [0.05, 0.1) is 6.26 Å². The van der Waals surface area contributed by atoms with Crippen molar-refractivity contribution < 1.29 is 18.1 Å². The lowest BCUT2D eigenvalue weighted by Crippen LogP contribution is -1.88. The largest absolute Gasteiger partial charge is 0.528 e. The molecule has 104 valence electrons. The van der Waals surface area contributed by atoms with Crippen LogP contribution in [0.15, 0.2) is 54.8 Å². The maximum Gasteiger partial charge on any atom is 0.528 e. The summed E-state index contributed by atoms with van der Waals surface area (Å²) in [4.78, 5) is 0. The van der Waals surface area contributed by atoms with Gasteiger partial charge in [0.15, 0.2) is 0 Å². The van der Waals surface area contributed by atoms with Crippen LogP contribution in [-0.2, 0) is 24.6 Å². The summed E-state index contributed by atoms with van der Waals surface area (Å²) in [5.74, 6) is 0. The third-order valence-corrected chi connectivity index (χ3v) is 3.68. The van der Waals surface area contributed by atoms with Crippen molar-refractivity contribution in [2.24, 2.45) is 0 Å². The Balaban J connectivity index is 2.25. The number of hydrogen-bond donors (Lipinski definition) is 0. The molecule has 0 fully saturated rings. The molecule has 1 aromatic rings. The van der Waals surface area contributed by atoms with Crippen molar-refractivity contribution in [3.05, 3.63) is 60.4 Å². The Morgan fingerprint density at radius 2 is 1.79 bits per heavy atom. The average Bonchev–Trinajstić information content (AvgIpc) is 2.47. The molecular weight excluding hydrogens is 263 g/mol. The Kier molecular flexibility index (Phi) is 7.19. The van der Waals surface area contributed by atoms with Crippen LogP contribution in [-0.4, -0.2) is 14.2 Å². The Labute approximate surface area is 114 Å². The van der Waals surface area contributed by atoms with Crippen LogP contribution in [0.5, 0.6) is 0 Å². The summed E-state index contributed by atoms with van der Waals surface area (Å²) in [6, 6.07) is 10.3. The third kappa shape index (κ3) is 6.39. The minimum atomic E-state index is -3.41. The topological polar surface area (TPSA) is 44.8 Å². The van der Waals surface area contributed by atoms with Gasteiger partial charge in [0.1, 0.15) is 0 Å². The van der Waals surface area contributed by atoms with Gasteiger partial charge in [-0.15, -0.1) is 0 Å². The molecule has 1 aromatic carbocycles. The summed E-state index contributed by atoms with van der Waals surface area (Å²) in [6.07, 6.45) is 8.71. The minimum absolute atomic E-state index is 0.931. The van der Waals surface area contributed by atoms with E-state index in [1.54, 1.807) is 6.08 Å². The lowest BCUT2D eigenvalue weighted by atomic mass is 10.1. The molecule has 0 amide bonds. The van der Waals surface area contributed by atoms with Crippen molar-refractivity contribution in [1.82, 2.24) is 0 Å². The quantitative estimate of drug-likeness (QED) is 0.409. The smallest absolute Gasteiger partial charge is 0.412 e. The normalized spacial score (nSPS) is 12.3. The van der Waals surface area contributed by atoms with Gasteiger partial charge in [-0.05, 0) is 24.5 Å². The highest BCUT2D eigenvalue weighted by Crippen LogP contribution is 2.47. The number of hydrogen-bond acceptors (Lipinski definition) is 4. The highest BCUT2D eigenvalue weighted by molar-refractivity contribution is 7.48. The van der Waals surface area contributed by atoms with Crippen LogP contribution in [0, 0.1) is 0 Å². The molecule has 0 heterocycles. The zero-order valence-electron chi connectivity index (χ0n) is 11.2. The first kappa shape index (κ1) is 15.7. The van der Waals surface area contributed by atoms with Crippen LogP contribution in [0.1, 0.15) is 12.0 Å². The predicted molar refractivity (Wildman–Crippen MR) is 75.8 cm³/mol. The van der Waals surface area contributed by atoms with E-state index < -0.39 is 7.82 Å². The number of aryl methyl sites for hydroxylation is 1. The summed E-state index contributed by atoms with van der Waals surface area (Å²) in [5, 5.41) is 0. The van der Waals surface area contributed by atoms with E-state index in [-0.39, 0.29) is 0 Å². The van der Waals surface area contributed by atoms with Gasteiger partial charge in [-0.25, -0.2) is 4.57 Å². The van der Waals surface area contributed by atoms with Gasteiger partial charge in [0, 0.05) is 14.2 Å². The van der Waals surface area contributed by atoms with Crippen LogP contribution in [0.4, 0.5) is 0 Å². The molecule has 0 aliphatic carbocycles. The highest BCUT2D eigenvalue weighted by atomic mass is 31.2. The predicted octanol–water partition coefficient (Wildman–Crippen LogP) is 4.11. The summed E-state index contributed by atoms with van der Waals surface area (Å²) in [7, 11) is -0.862. The molecule has 0 aliphatic heterocycles. The van der Waals surface area contributed by atoms with Gasteiger partial charge in [0.2, 0.25) is 0 Å². The lowest BCUT2D eigenvalue weighted by Gasteiger charge is -2.09. The second-order valence-corrected chi connectivity index (χ2v) is 5.53. The second-order valence-electron chi connectivity index (χ2n) is 3.70. The molecule has 1 rings (SSSR count). The van der Waals surface area contributed by atoms with Crippen molar-refractivity contribution in [3.8, 4) is 0 Å². The number of benzene rings is 1. The van der Waals surface area contributed by atoms with Crippen molar-refractivity contribution in [1.29, 1.82) is 0 Å². The third-order valence-electron chi connectivity index (χ3n) is 2.41. The molecule has 0 saturated heterocycles. The molecule has 0 radical (unpaired) electrons. The van der Waals surface area contributed by atoms with Crippen LogP contribution in [0.25, 0.3) is 0 Å². The molecule has 0 spiro atoms. The Hall–Kier alpha value is -1.35. The standard InChI is InChI=1S/C14H19O4P/c1-16-19(15,17-2)18-13-9-4-3-6-10-14-11-7-5-8-12-14/h3-5,7-9,11-13H,6,10H2,1-2H3/b4-3+,13-9+. The van der Waals surface area contributed by atoms with E-state index in [9.17, 15) is 4.57 Å². The van der Waals surface area contributed by atoms with Crippen LogP contribution >= 0.6 is 7.82 Å². The van der Waals surface area contributed by atoms with Crippen LogP contribution in [0.2, 0.25) is 0 Å². The molecule has 0 saturated carbocycles. The zero-order chi connectivity index (χ0) is 14.0. The maximum absolute atomic E-state index is 11.5. The molecule has 0 unspecified atom stereocenters. The van der Waals surface area contributed by atoms with E-state index in [1.165, 1.54) is 26.0 Å². The van der Waals surface area contributed by atoms with E-state index in [4.69, 9.17) is 4.52 Å². The van der Waals surface area contributed by atoms with Crippen molar-refractivity contribution in [2.45, 2.75) is 12.8 Å². The molecular formula is C14H19O4P. The molecule has 0 aliphatic rings. The van der Waals surface area contributed by atoms with E-state index >= 15 is 0 Å². The Bertz CT molecular complexity index is 446. The van der Waals surface area contributed by atoms with E-state index in [0.717, 1.165) is 12.8 Å². The molecule has 19 heavy (non-hydrogen) atoms. The summed E-state index contributed by atoms with van der Waals surface area (Å²) in [5.41, 5.74) is 1.30. The average molecular weight is 282 g/mol. The highest BCUT2D eigenvalue weighted by Gasteiger charge is 2.21. The minimum Gasteiger partial charge on any atom is -0.412 e. The molecule has 0 atom stereocenters. The monoisotopic (exact) mass is 282 g/mol. The number of rotatable bonds is 8. The second kappa shape index (κ2) is 8.70. The van der Waals surface area contributed by atoms with E-state index in [0.29, 0.717) is 0 Å². The zero-order valence-corrected chi connectivity index (χ0v) is 12.1. The first-order valence-electron chi connectivity index (χ1n) is 5.95. The molecule has 0 bridgehead atoms. The summed E-state index contributed by atoms with van der Waals surface area (Å²) >= 11 is 0. The van der Waals surface area contributed by atoms with Crippen LogP contribution in [0.3, 0.4) is 0 Å². The fourth-order valence-electron chi connectivity index (χ4n) is 1.39. The van der Waals surface area contributed by atoms with Gasteiger partial charge < -0.3 is 4.52 Å². The Morgan fingerprint density at radius 3 is 2.42 bits per heavy atom. The van der Waals surface area contributed by atoms with Crippen molar-refractivity contribution in [2.75, 3.05) is 14.2 Å². The number of allylic oxidation sites excluding steroid dienone is 3. The number of phosphoric ester groups is 1. The fraction of sp³-hybridized carbons (Fsp3) is 0.286. The van der Waals surface area contributed by atoms with Gasteiger partial charge in [0.25, 0.3) is 0 Å². The maximum atomic E-state index is 11.5. The molecule has 4 nitrogen and oxygen atoms in total. The SMILES string of the molecule is COP(=O)(OC)O/C=C/C=C/CCc1ccccc1. The van der Waals surface area contributed by atoms with Gasteiger partial charge in [-0.1, -0.05) is 42.5 Å². The van der Waals surface area contributed by atoms with Gasteiger partial charge in [-0.2, -0.15) is 0 Å². The van der Waals surface area contributed by atoms with Crippen molar-refractivity contribution in [3.63, 3.8) is 0 Å². The first-order chi connectivity index (χ1) is 9.20. The first-order valence-corrected chi connectivity index (χ1v) is 7.42. The lowest BCUT2D eigenvalue weighted by molar-refractivity contribution is 0.194. The molecule has 0 aromatic heterocycles. The van der Waals surface area contributed by atoms with Crippen LogP contribution < -0.4 is 0 Å². The van der Waals surface area contributed by atoms with E-state index in [1.807, 2.05) is 30.4 Å². The summed E-state index contributed by atoms with van der Waals surface area (Å²) in [6.45, 7) is 0. The van der Waals surface area contributed by atoms with Crippen molar-refractivity contribution >= 4 is 7.82 Å². The van der Waals surface area contributed by atoms with Gasteiger partial charge in [-0.3, -0.25) is 9.05 Å². The Morgan fingerprint density at radius 1 is 1.11 bits per heavy atom. The molecule has 5 heteroatoms. The van der Waals surface area contributed by atoms with Gasteiger partial charge >= 0.3 is 7.82 Å².